The fraction of sp³-hybridized carbons (Fsp3) is 0.286. The van der Waals surface area contributed by atoms with Crippen LogP contribution in [-0.2, 0) is 0 Å². The Balaban J connectivity index is 1.87. The number of rotatable bonds is 6. The first-order valence-corrected chi connectivity index (χ1v) is 9.15. The highest BCUT2D eigenvalue weighted by Gasteiger charge is 2.21. The number of fused-ring (bicyclic) bond motifs is 1. The van der Waals surface area contributed by atoms with Crippen molar-refractivity contribution in [3.8, 4) is 0 Å². The Kier molecular flexibility index (Phi) is 5.75. The van der Waals surface area contributed by atoms with Gasteiger partial charge in [0.15, 0.2) is 5.69 Å². The number of aromatic nitrogens is 2. The van der Waals surface area contributed by atoms with Crippen LogP contribution in [0.3, 0.4) is 0 Å². The second-order valence-electron chi connectivity index (χ2n) is 7.05. The average Bonchev–Trinajstić information content (AvgIpc) is 3.04. The molecule has 0 atom stereocenters. The van der Waals surface area contributed by atoms with Crippen LogP contribution in [0, 0.1) is 13.8 Å². The van der Waals surface area contributed by atoms with Crippen LogP contribution >= 0.6 is 0 Å². The molecular formula is C21H25N5O2. The Morgan fingerprint density at radius 3 is 2.57 bits per heavy atom. The van der Waals surface area contributed by atoms with Crippen molar-refractivity contribution in [2.24, 2.45) is 0 Å². The molecule has 3 rings (SSSR count). The van der Waals surface area contributed by atoms with Gasteiger partial charge >= 0.3 is 0 Å². The lowest BCUT2D eigenvalue weighted by Crippen LogP contribution is -2.32. The zero-order valence-electron chi connectivity index (χ0n) is 16.6. The zero-order chi connectivity index (χ0) is 20.3. The van der Waals surface area contributed by atoms with Crippen molar-refractivity contribution in [3.05, 3.63) is 65.2 Å². The van der Waals surface area contributed by atoms with Gasteiger partial charge in [-0.1, -0.05) is 12.1 Å². The summed E-state index contributed by atoms with van der Waals surface area (Å²) in [5.41, 5.74) is 3.75. The van der Waals surface area contributed by atoms with Crippen LogP contribution in [0.2, 0.25) is 0 Å². The third kappa shape index (κ3) is 4.20. The number of nitrogens with zero attached hydrogens (tertiary/aromatic N) is 3. The van der Waals surface area contributed by atoms with Gasteiger partial charge in [0.2, 0.25) is 5.82 Å². The summed E-state index contributed by atoms with van der Waals surface area (Å²) < 4.78 is 1.64. The van der Waals surface area contributed by atoms with Gasteiger partial charge in [0, 0.05) is 25.0 Å². The van der Waals surface area contributed by atoms with E-state index >= 15 is 0 Å². The van der Waals surface area contributed by atoms with Crippen molar-refractivity contribution >= 4 is 23.0 Å². The molecule has 2 amide bonds. The van der Waals surface area contributed by atoms with Gasteiger partial charge < -0.3 is 15.5 Å². The number of amides is 2. The second kappa shape index (κ2) is 8.22. The van der Waals surface area contributed by atoms with Gasteiger partial charge in [-0.25, -0.2) is 4.98 Å². The van der Waals surface area contributed by atoms with E-state index in [2.05, 4.69) is 15.6 Å². The highest BCUT2D eigenvalue weighted by atomic mass is 16.2. The summed E-state index contributed by atoms with van der Waals surface area (Å²) >= 11 is 0. The molecule has 0 aliphatic rings. The number of hydrogen-bond acceptors (Lipinski definition) is 4. The van der Waals surface area contributed by atoms with Gasteiger partial charge in [-0.05, 0) is 63.3 Å². The van der Waals surface area contributed by atoms with E-state index in [9.17, 15) is 9.59 Å². The van der Waals surface area contributed by atoms with Crippen LogP contribution in [0.5, 0.6) is 0 Å². The van der Waals surface area contributed by atoms with Crippen molar-refractivity contribution in [2.45, 2.75) is 13.8 Å². The van der Waals surface area contributed by atoms with Crippen LogP contribution < -0.4 is 10.6 Å². The number of nitrogens with one attached hydrogen (secondary N) is 2. The fourth-order valence-electron chi connectivity index (χ4n) is 2.85. The van der Waals surface area contributed by atoms with Gasteiger partial charge in [0.05, 0.1) is 5.52 Å². The molecular weight excluding hydrogens is 354 g/mol. The monoisotopic (exact) mass is 379 g/mol. The molecule has 0 radical (unpaired) electrons. The number of aryl methyl sites for hydroxylation is 2. The standard InChI is InChI=1S/C21H25N5O2/c1-14-8-9-16(13-15(14)2)23-20(27)18-17-7-5-6-11-26(17)19(24-18)21(28)22-10-12-25(3)4/h5-9,11,13H,10,12H2,1-4H3,(H,22,28)(H,23,27). The van der Waals surface area contributed by atoms with Crippen LogP contribution in [-0.4, -0.2) is 53.3 Å². The molecule has 0 saturated heterocycles. The molecule has 2 aromatic heterocycles. The van der Waals surface area contributed by atoms with Crippen molar-refractivity contribution in [1.29, 1.82) is 0 Å². The van der Waals surface area contributed by atoms with Gasteiger partial charge in [-0.3, -0.25) is 14.0 Å². The average molecular weight is 379 g/mol. The van der Waals surface area contributed by atoms with Crippen LogP contribution in [0.1, 0.15) is 32.2 Å². The summed E-state index contributed by atoms with van der Waals surface area (Å²) in [4.78, 5) is 31.7. The molecule has 7 heteroatoms. The zero-order valence-corrected chi connectivity index (χ0v) is 16.6. The molecule has 0 saturated carbocycles. The molecule has 0 aliphatic carbocycles. The van der Waals surface area contributed by atoms with E-state index in [1.54, 1.807) is 22.7 Å². The number of likely N-dealkylation sites (N-methyl/N-ethyl adjacent to an activating group) is 1. The minimum Gasteiger partial charge on any atom is -0.348 e. The molecule has 1 aromatic carbocycles. The van der Waals surface area contributed by atoms with Crippen molar-refractivity contribution in [3.63, 3.8) is 0 Å². The fourth-order valence-corrected chi connectivity index (χ4v) is 2.85. The third-order valence-electron chi connectivity index (χ3n) is 4.58. The number of benzene rings is 1. The summed E-state index contributed by atoms with van der Waals surface area (Å²) in [7, 11) is 3.87. The molecule has 2 heterocycles. The first-order chi connectivity index (χ1) is 13.4. The summed E-state index contributed by atoms with van der Waals surface area (Å²) in [5.74, 6) is -0.466. The van der Waals surface area contributed by atoms with E-state index in [4.69, 9.17) is 0 Å². The first kappa shape index (κ1) is 19.6. The molecule has 0 unspecified atom stereocenters. The maximum atomic E-state index is 12.8. The van der Waals surface area contributed by atoms with E-state index in [1.165, 1.54) is 0 Å². The van der Waals surface area contributed by atoms with E-state index in [0.29, 0.717) is 17.7 Å². The number of pyridine rings is 1. The quantitative estimate of drug-likeness (QED) is 0.690. The minimum atomic E-state index is -0.348. The number of imidazole rings is 1. The first-order valence-electron chi connectivity index (χ1n) is 9.15. The van der Waals surface area contributed by atoms with E-state index in [0.717, 1.165) is 17.7 Å². The third-order valence-corrected chi connectivity index (χ3v) is 4.58. The predicted octanol–water partition coefficient (Wildman–Crippen LogP) is 2.49. The molecule has 0 fully saturated rings. The minimum absolute atomic E-state index is 0.194. The van der Waals surface area contributed by atoms with Crippen LogP contribution in [0.4, 0.5) is 5.69 Å². The molecule has 0 bridgehead atoms. The number of hydrogen-bond donors (Lipinski definition) is 2. The topological polar surface area (TPSA) is 78.7 Å². The number of carbonyl (C=O) groups excluding carboxylic acids is 2. The summed E-state index contributed by atoms with van der Waals surface area (Å²) in [6.07, 6.45) is 1.73. The number of anilines is 1. The highest BCUT2D eigenvalue weighted by Crippen LogP contribution is 2.18. The number of carbonyl (C=O) groups is 2. The van der Waals surface area contributed by atoms with Crippen LogP contribution in [0.25, 0.3) is 5.52 Å². The van der Waals surface area contributed by atoms with Gasteiger partial charge in [0.25, 0.3) is 11.8 Å². The molecule has 0 aliphatic heterocycles. The lowest BCUT2D eigenvalue weighted by atomic mass is 10.1. The Morgan fingerprint density at radius 1 is 1.07 bits per heavy atom. The van der Waals surface area contributed by atoms with Crippen molar-refractivity contribution < 1.29 is 9.59 Å². The Hall–Kier alpha value is -3.19. The molecule has 0 spiro atoms. The maximum Gasteiger partial charge on any atom is 0.287 e. The SMILES string of the molecule is Cc1ccc(NC(=O)c2nc(C(=O)NCCN(C)C)n3ccccc23)cc1C. The molecule has 3 aromatic rings. The smallest absolute Gasteiger partial charge is 0.287 e. The molecule has 28 heavy (non-hydrogen) atoms. The van der Waals surface area contributed by atoms with Crippen molar-refractivity contribution in [2.75, 3.05) is 32.5 Å². The normalized spacial score (nSPS) is 11.0. The highest BCUT2D eigenvalue weighted by molar-refractivity contribution is 6.09. The van der Waals surface area contributed by atoms with Gasteiger partial charge in [-0.2, -0.15) is 0 Å². The lowest BCUT2D eigenvalue weighted by molar-refractivity contribution is 0.0940. The predicted molar refractivity (Wildman–Crippen MR) is 110 cm³/mol. The summed E-state index contributed by atoms with van der Waals surface area (Å²) in [6, 6.07) is 11.1. The van der Waals surface area contributed by atoms with Gasteiger partial charge in [-0.15, -0.1) is 0 Å². The Morgan fingerprint density at radius 2 is 1.86 bits per heavy atom. The maximum absolute atomic E-state index is 12.8. The second-order valence-corrected chi connectivity index (χ2v) is 7.05. The molecule has 2 N–H and O–H groups in total. The largest absolute Gasteiger partial charge is 0.348 e. The van der Waals surface area contributed by atoms with Gasteiger partial charge in [0.1, 0.15) is 0 Å². The summed E-state index contributed by atoms with van der Waals surface area (Å²) in [6.45, 7) is 5.23. The molecule has 7 nitrogen and oxygen atoms in total. The van der Waals surface area contributed by atoms with E-state index in [-0.39, 0.29) is 23.3 Å². The Bertz CT molecular complexity index is 1020. The van der Waals surface area contributed by atoms with E-state index < -0.39 is 0 Å². The molecule has 146 valence electrons. The summed E-state index contributed by atoms with van der Waals surface area (Å²) in [5, 5.41) is 5.72. The van der Waals surface area contributed by atoms with E-state index in [1.807, 2.05) is 57.1 Å². The Labute approximate surface area is 164 Å². The van der Waals surface area contributed by atoms with Crippen molar-refractivity contribution in [1.82, 2.24) is 19.6 Å². The lowest BCUT2D eigenvalue weighted by Gasteiger charge is -2.09. The van der Waals surface area contributed by atoms with Crippen LogP contribution in [0.15, 0.2) is 42.6 Å².